The fraction of sp³-hybridized carbons (Fsp3) is 0. The molecular formula is C14H11N3OS. The molecule has 4 nitrogen and oxygen atoms in total. The molecule has 0 bridgehead atoms. The minimum Gasteiger partial charge on any atom is -0.436 e. The van der Waals surface area contributed by atoms with Gasteiger partial charge in [0.15, 0.2) is 10.7 Å². The maximum Gasteiger partial charge on any atom is 0.227 e. The quantitative estimate of drug-likeness (QED) is 0.700. The number of rotatable bonds is 2. The number of hydrogen-bond donors (Lipinski definition) is 2. The first-order chi connectivity index (χ1) is 9.22. The molecular weight excluding hydrogens is 258 g/mol. The van der Waals surface area contributed by atoms with Gasteiger partial charge in [0.25, 0.3) is 0 Å². The normalized spacial score (nSPS) is 10.5. The lowest BCUT2D eigenvalue weighted by atomic mass is 10.2. The molecule has 3 rings (SSSR count). The molecule has 0 saturated heterocycles. The van der Waals surface area contributed by atoms with E-state index in [0.717, 1.165) is 22.4 Å². The lowest BCUT2D eigenvalue weighted by molar-refractivity contribution is 0.620. The molecule has 0 aliphatic heterocycles. The van der Waals surface area contributed by atoms with E-state index < -0.39 is 0 Å². The summed E-state index contributed by atoms with van der Waals surface area (Å²) in [6.45, 7) is 0. The summed E-state index contributed by atoms with van der Waals surface area (Å²) >= 11 is 4.78. The Balaban J connectivity index is 1.95. The fourth-order valence-electron chi connectivity index (χ4n) is 1.83. The maximum atomic E-state index is 5.69. The molecule has 3 aromatic rings. The molecule has 2 aromatic carbocycles. The summed E-state index contributed by atoms with van der Waals surface area (Å²) in [5.41, 5.74) is 8.79. The van der Waals surface area contributed by atoms with Gasteiger partial charge in [-0.2, -0.15) is 0 Å². The standard InChI is InChI=1S/C14H11N3OS/c15-14(19)16-10-7-5-9(6-8-10)13-17-11-3-1-2-4-12(11)18-13/h1-8H,(H3,15,16,19). The van der Waals surface area contributed by atoms with Crippen molar-refractivity contribution in [2.45, 2.75) is 0 Å². The van der Waals surface area contributed by atoms with Gasteiger partial charge in [-0.25, -0.2) is 4.98 Å². The van der Waals surface area contributed by atoms with E-state index >= 15 is 0 Å². The van der Waals surface area contributed by atoms with Crippen LogP contribution in [0.5, 0.6) is 0 Å². The fourth-order valence-corrected chi connectivity index (χ4v) is 1.95. The Kier molecular flexibility index (Phi) is 2.89. The highest BCUT2D eigenvalue weighted by Gasteiger charge is 2.07. The van der Waals surface area contributed by atoms with Crippen molar-refractivity contribution in [3.05, 3.63) is 48.5 Å². The molecule has 0 atom stereocenters. The van der Waals surface area contributed by atoms with Crippen LogP contribution in [-0.4, -0.2) is 10.1 Å². The van der Waals surface area contributed by atoms with Crippen molar-refractivity contribution in [2.75, 3.05) is 5.32 Å². The van der Waals surface area contributed by atoms with Crippen LogP contribution < -0.4 is 11.1 Å². The van der Waals surface area contributed by atoms with Crippen molar-refractivity contribution < 1.29 is 4.42 Å². The summed E-state index contributed by atoms with van der Waals surface area (Å²) in [5, 5.41) is 3.11. The molecule has 0 aliphatic carbocycles. The van der Waals surface area contributed by atoms with Gasteiger partial charge in [-0.3, -0.25) is 0 Å². The molecule has 0 saturated carbocycles. The van der Waals surface area contributed by atoms with Gasteiger partial charge in [-0.1, -0.05) is 12.1 Å². The highest BCUT2D eigenvalue weighted by Crippen LogP contribution is 2.25. The average Bonchev–Trinajstić information content (AvgIpc) is 2.82. The SMILES string of the molecule is NC(=S)Nc1ccc(-c2nc3ccccc3o2)cc1. The van der Waals surface area contributed by atoms with Gasteiger partial charge in [0.2, 0.25) is 5.89 Å². The van der Waals surface area contributed by atoms with E-state index in [-0.39, 0.29) is 5.11 Å². The number of nitrogens with zero attached hydrogens (tertiary/aromatic N) is 1. The van der Waals surface area contributed by atoms with Crippen LogP contribution in [0.3, 0.4) is 0 Å². The third-order valence-electron chi connectivity index (χ3n) is 2.69. The Morgan fingerprint density at radius 1 is 1.11 bits per heavy atom. The van der Waals surface area contributed by atoms with E-state index in [9.17, 15) is 0 Å². The van der Waals surface area contributed by atoms with E-state index in [0.29, 0.717) is 5.89 Å². The van der Waals surface area contributed by atoms with E-state index in [4.69, 9.17) is 22.4 Å². The zero-order chi connectivity index (χ0) is 13.2. The molecule has 94 valence electrons. The number of oxazole rings is 1. The third-order valence-corrected chi connectivity index (χ3v) is 2.80. The van der Waals surface area contributed by atoms with E-state index in [2.05, 4.69) is 10.3 Å². The Morgan fingerprint density at radius 3 is 2.53 bits per heavy atom. The summed E-state index contributed by atoms with van der Waals surface area (Å²) in [6, 6.07) is 15.2. The van der Waals surface area contributed by atoms with Crippen LogP contribution in [0.2, 0.25) is 0 Å². The van der Waals surface area contributed by atoms with Crippen molar-refractivity contribution in [3.8, 4) is 11.5 Å². The van der Waals surface area contributed by atoms with Crippen LogP contribution in [0.1, 0.15) is 0 Å². The Labute approximate surface area is 115 Å². The molecule has 0 radical (unpaired) electrons. The number of nitrogens with two attached hydrogens (primary N) is 1. The number of aromatic nitrogens is 1. The Morgan fingerprint density at radius 2 is 1.84 bits per heavy atom. The first-order valence-electron chi connectivity index (χ1n) is 5.75. The van der Waals surface area contributed by atoms with Gasteiger partial charge in [0.05, 0.1) is 0 Å². The molecule has 1 heterocycles. The van der Waals surface area contributed by atoms with Gasteiger partial charge >= 0.3 is 0 Å². The number of fused-ring (bicyclic) bond motifs is 1. The van der Waals surface area contributed by atoms with Gasteiger partial charge in [0.1, 0.15) is 5.52 Å². The second-order valence-electron chi connectivity index (χ2n) is 4.05. The van der Waals surface area contributed by atoms with Gasteiger partial charge in [0, 0.05) is 11.3 Å². The molecule has 0 spiro atoms. The number of benzene rings is 2. The molecule has 19 heavy (non-hydrogen) atoms. The minimum atomic E-state index is 0.245. The van der Waals surface area contributed by atoms with E-state index in [1.54, 1.807) is 0 Å². The summed E-state index contributed by atoms with van der Waals surface area (Å²) in [6.07, 6.45) is 0. The summed E-state index contributed by atoms with van der Waals surface area (Å²) in [4.78, 5) is 4.44. The predicted octanol–water partition coefficient (Wildman–Crippen LogP) is 3.15. The Hall–Kier alpha value is -2.40. The van der Waals surface area contributed by atoms with Crippen LogP contribution in [0.15, 0.2) is 52.9 Å². The lowest BCUT2D eigenvalue weighted by Crippen LogP contribution is -2.18. The second-order valence-corrected chi connectivity index (χ2v) is 4.49. The second kappa shape index (κ2) is 4.70. The molecule has 0 amide bonds. The number of nitrogens with one attached hydrogen (secondary N) is 1. The number of anilines is 1. The van der Waals surface area contributed by atoms with Crippen molar-refractivity contribution >= 4 is 34.1 Å². The van der Waals surface area contributed by atoms with Gasteiger partial charge in [-0.15, -0.1) is 0 Å². The van der Waals surface area contributed by atoms with Crippen molar-refractivity contribution in [2.24, 2.45) is 5.73 Å². The third kappa shape index (κ3) is 2.41. The maximum absolute atomic E-state index is 5.69. The van der Waals surface area contributed by atoms with Crippen molar-refractivity contribution in [1.29, 1.82) is 0 Å². The van der Waals surface area contributed by atoms with Crippen LogP contribution in [0.25, 0.3) is 22.6 Å². The molecule has 1 aromatic heterocycles. The highest BCUT2D eigenvalue weighted by atomic mass is 32.1. The number of thiocarbonyl (C=S) groups is 1. The lowest BCUT2D eigenvalue weighted by Gasteiger charge is -2.03. The molecule has 0 aliphatic rings. The molecule has 5 heteroatoms. The predicted molar refractivity (Wildman–Crippen MR) is 79.9 cm³/mol. The van der Waals surface area contributed by atoms with Crippen LogP contribution in [0, 0.1) is 0 Å². The first kappa shape index (κ1) is 11.7. The number of para-hydroxylation sites is 2. The molecule has 0 unspecified atom stereocenters. The zero-order valence-electron chi connectivity index (χ0n) is 9.96. The molecule has 0 fully saturated rings. The monoisotopic (exact) mass is 269 g/mol. The summed E-state index contributed by atoms with van der Waals surface area (Å²) in [7, 11) is 0. The average molecular weight is 269 g/mol. The van der Waals surface area contributed by atoms with Crippen LogP contribution in [-0.2, 0) is 0 Å². The van der Waals surface area contributed by atoms with Crippen LogP contribution in [0.4, 0.5) is 5.69 Å². The van der Waals surface area contributed by atoms with Crippen LogP contribution >= 0.6 is 12.2 Å². The van der Waals surface area contributed by atoms with Gasteiger partial charge < -0.3 is 15.5 Å². The van der Waals surface area contributed by atoms with Gasteiger partial charge in [-0.05, 0) is 48.6 Å². The highest BCUT2D eigenvalue weighted by molar-refractivity contribution is 7.80. The minimum absolute atomic E-state index is 0.245. The van der Waals surface area contributed by atoms with Crippen molar-refractivity contribution in [1.82, 2.24) is 4.98 Å². The largest absolute Gasteiger partial charge is 0.436 e. The first-order valence-corrected chi connectivity index (χ1v) is 6.16. The summed E-state index contributed by atoms with van der Waals surface area (Å²) < 4.78 is 5.69. The number of hydrogen-bond acceptors (Lipinski definition) is 3. The zero-order valence-corrected chi connectivity index (χ0v) is 10.8. The van der Waals surface area contributed by atoms with Crippen molar-refractivity contribution in [3.63, 3.8) is 0 Å². The molecule has 3 N–H and O–H groups in total. The summed E-state index contributed by atoms with van der Waals surface area (Å²) in [5.74, 6) is 0.600. The smallest absolute Gasteiger partial charge is 0.227 e. The van der Waals surface area contributed by atoms with E-state index in [1.165, 1.54) is 0 Å². The topological polar surface area (TPSA) is 64.1 Å². The van der Waals surface area contributed by atoms with E-state index in [1.807, 2.05) is 48.5 Å². The Bertz CT molecular complexity index is 701.